The van der Waals surface area contributed by atoms with Gasteiger partial charge < -0.3 is 14.3 Å². The molecule has 2 bridgehead atoms. The van der Waals surface area contributed by atoms with E-state index in [2.05, 4.69) is 10.1 Å². The van der Waals surface area contributed by atoms with Crippen molar-refractivity contribution in [3.8, 4) is 0 Å². The summed E-state index contributed by atoms with van der Waals surface area (Å²) in [4.78, 5) is 33.5. The van der Waals surface area contributed by atoms with E-state index in [-0.39, 0.29) is 23.8 Å². The molecule has 0 aromatic carbocycles. The Kier molecular flexibility index (Phi) is 3.99. The van der Waals surface area contributed by atoms with Crippen molar-refractivity contribution >= 4 is 11.8 Å². The topological polar surface area (TPSA) is 79.5 Å². The number of carbonyl (C=O) groups is 2. The van der Waals surface area contributed by atoms with E-state index in [1.54, 1.807) is 24.1 Å². The third kappa shape index (κ3) is 3.01. The number of hydrogen-bond donors (Lipinski definition) is 0. The minimum Gasteiger partial charge on any atom is -0.361 e. The lowest BCUT2D eigenvalue weighted by Gasteiger charge is -2.35. The molecule has 2 amide bonds. The summed E-state index contributed by atoms with van der Waals surface area (Å²) in [5, 5.41) is 3.82. The van der Waals surface area contributed by atoms with Crippen LogP contribution < -0.4 is 0 Å². The Hall–Kier alpha value is -2.70. The van der Waals surface area contributed by atoms with E-state index in [4.69, 9.17) is 4.52 Å². The van der Waals surface area contributed by atoms with Crippen LogP contribution in [0.25, 0.3) is 0 Å². The number of carbonyl (C=O) groups excluding carboxylic acids is 2. The molecule has 2 aromatic rings. The average Bonchev–Trinajstić information content (AvgIpc) is 2.88. The Labute approximate surface area is 145 Å². The molecule has 3 saturated heterocycles. The summed E-state index contributed by atoms with van der Waals surface area (Å²) in [6, 6.07) is 7.37. The van der Waals surface area contributed by atoms with Gasteiger partial charge in [0.25, 0.3) is 5.91 Å². The van der Waals surface area contributed by atoms with Crippen LogP contribution in [0.3, 0.4) is 0 Å². The number of piperidine rings is 1. The van der Waals surface area contributed by atoms with Gasteiger partial charge in [0.05, 0.1) is 18.2 Å². The number of amides is 2. The molecule has 3 aliphatic heterocycles. The number of hydrogen-bond acceptors (Lipinski definition) is 5. The average molecular weight is 340 g/mol. The summed E-state index contributed by atoms with van der Waals surface area (Å²) in [6.07, 6.45) is 3.47. The molecule has 25 heavy (non-hydrogen) atoms. The fraction of sp³-hybridized carbons (Fsp3) is 0.444. The first-order chi connectivity index (χ1) is 12.1. The maximum absolute atomic E-state index is 12.8. The molecule has 3 aliphatic rings. The summed E-state index contributed by atoms with van der Waals surface area (Å²) < 4.78 is 5.02. The van der Waals surface area contributed by atoms with Gasteiger partial charge in [-0.05, 0) is 31.9 Å². The first-order valence-electron chi connectivity index (χ1n) is 8.55. The van der Waals surface area contributed by atoms with Crippen LogP contribution in [0.4, 0.5) is 0 Å². The second-order valence-corrected chi connectivity index (χ2v) is 6.75. The van der Waals surface area contributed by atoms with Crippen LogP contribution in [0, 0.1) is 12.8 Å². The standard InChI is InChI=1S/C18H20N4O3/c1-12-8-16(20-25-12)18(24)21-9-13-5-6-15(11-21)22(17(13)23)10-14-4-2-3-7-19-14/h2-4,7-8,13,15H,5-6,9-11H2,1H3/t13-,15+/m1/s1. The van der Waals surface area contributed by atoms with Gasteiger partial charge in [-0.15, -0.1) is 0 Å². The monoisotopic (exact) mass is 340 g/mol. The molecule has 3 fully saturated rings. The highest BCUT2D eigenvalue weighted by atomic mass is 16.5. The zero-order valence-corrected chi connectivity index (χ0v) is 14.1. The first kappa shape index (κ1) is 15.8. The molecule has 0 spiro atoms. The van der Waals surface area contributed by atoms with Gasteiger partial charge in [0.2, 0.25) is 5.91 Å². The number of aryl methyl sites for hydroxylation is 1. The molecule has 5 rings (SSSR count). The molecular weight excluding hydrogens is 320 g/mol. The minimum atomic E-state index is -0.166. The lowest BCUT2D eigenvalue weighted by Crippen LogP contribution is -2.47. The van der Waals surface area contributed by atoms with Crippen molar-refractivity contribution in [1.29, 1.82) is 0 Å². The van der Waals surface area contributed by atoms with Gasteiger partial charge in [-0.2, -0.15) is 0 Å². The van der Waals surface area contributed by atoms with Crippen LogP contribution >= 0.6 is 0 Å². The molecule has 0 radical (unpaired) electrons. The summed E-state index contributed by atoms with van der Waals surface area (Å²) >= 11 is 0. The predicted molar refractivity (Wildman–Crippen MR) is 88.4 cm³/mol. The molecule has 7 nitrogen and oxygen atoms in total. The smallest absolute Gasteiger partial charge is 0.276 e. The van der Waals surface area contributed by atoms with Gasteiger partial charge in [-0.1, -0.05) is 11.2 Å². The Morgan fingerprint density at radius 3 is 2.92 bits per heavy atom. The maximum atomic E-state index is 12.8. The Morgan fingerprint density at radius 1 is 1.32 bits per heavy atom. The second kappa shape index (κ2) is 6.31. The van der Waals surface area contributed by atoms with E-state index in [9.17, 15) is 9.59 Å². The fourth-order valence-electron chi connectivity index (χ4n) is 3.71. The second-order valence-electron chi connectivity index (χ2n) is 6.75. The third-order valence-electron chi connectivity index (χ3n) is 4.99. The van der Waals surface area contributed by atoms with E-state index in [0.29, 0.717) is 31.1 Å². The summed E-state index contributed by atoms with van der Waals surface area (Å²) in [6.45, 7) is 3.22. The van der Waals surface area contributed by atoms with Gasteiger partial charge in [-0.3, -0.25) is 14.6 Å². The molecule has 130 valence electrons. The van der Waals surface area contributed by atoms with Crippen molar-refractivity contribution in [1.82, 2.24) is 19.9 Å². The van der Waals surface area contributed by atoms with E-state index in [0.717, 1.165) is 18.5 Å². The highest BCUT2D eigenvalue weighted by Gasteiger charge is 2.42. The number of nitrogens with zero attached hydrogens (tertiary/aromatic N) is 4. The number of aromatic nitrogens is 2. The lowest BCUT2D eigenvalue weighted by molar-refractivity contribution is -0.140. The van der Waals surface area contributed by atoms with Gasteiger partial charge in [-0.25, -0.2) is 0 Å². The van der Waals surface area contributed by atoms with E-state index >= 15 is 0 Å². The number of pyridine rings is 1. The van der Waals surface area contributed by atoms with E-state index in [1.807, 2.05) is 23.1 Å². The van der Waals surface area contributed by atoms with Gasteiger partial charge in [0.1, 0.15) is 5.76 Å². The van der Waals surface area contributed by atoms with Crippen LogP contribution in [0.2, 0.25) is 0 Å². The molecule has 5 heterocycles. The first-order valence-corrected chi connectivity index (χ1v) is 8.55. The molecule has 0 saturated carbocycles. The summed E-state index contributed by atoms with van der Waals surface area (Å²) in [5.41, 5.74) is 1.18. The number of fused-ring (bicyclic) bond motifs is 4. The number of rotatable bonds is 3. The molecule has 0 unspecified atom stereocenters. The zero-order chi connectivity index (χ0) is 17.4. The molecule has 0 aliphatic carbocycles. The largest absolute Gasteiger partial charge is 0.361 e. The molecule has 2 atom stereocenters. The Morgan fingerprint density at radius 2 is 2.20 bits per heavy atom. The van der Waals surface area contributed by atoms with Crippen molar-refractivity contribution in [3.05, 3.63) is 47.6 Å². The van der Waals surface area contributed by atoms with E-state index < -0.39 is 0 Å². The van der Waals surface area contributed by atoms with Crippen molar-refractivity contribution in [2.45, 2.75) is 32.4 Å². The van der Waals surface area contributed by atoms with Crippen LogP contribution in [0.15, 0.2) is 35.0 Å². The van der Waals surface area contributed by atoms with Gasteiger partial charge in [0, 0.05) is 31.4 Å². The van der Waals surface area contributed by atoms with Crippen LogP contribution in [0.5, 0.6) is 0 Å². The fourth-order valence-corrected chi connectivity index (χ4v) is 3.71. The third-order valence-corrected chi connectivity index (χ3v) is 4.99. The Bertz CT molecular complexity index is 789. The van der Waals surface area contributed by atoms with Crippen molar-refractivity contribution < 1.29 is 14.1 Å². The van der Waals surface area contributed by atoms with Gasteiger partial charge >= 0.3 is 0 Å². The predicted octanol–water partition coefficient (Wildman–Crippen LogP) is 1.64. The van der Waals surface area contributed by atoms with Crippen LogP contribution in [-0.2, 0) is 11.3 Å². The molecule has 2 aromatic heterocycles. The Balaban J connectivity index is 1.55. The highest BCUT2D eigenvalue weighted by Crippen LogP contribution is 2.30. The van der Waals surface area contributed by atoms with Crippen molar-refractivity contribution in [3.63, 3.8) is 0 Å². The van der Waals surface area contributed by atoms with E-state index in [1.165, 1.54) is 0 Å². The van der Waals surface area contributed by atoms with Gasteiger partial charge in [0.15, 0.2) is 5.69 Å². The quantitative estimate of drug-likeness (QED) is 0.849. The SMILES string of the molecule is Cc1cc(C(=O)N2C[C@H]3CC[C@@H](C2)N(Cc2ccccn2)C3=O)no1. The molecule has 0 N–H and O–H groups in total. The van der Waals surface area contributed by atoms with Crippen LogP contribution in [-0.4, -0.2) is 50.9 Å². The van der Waals surface area contributed by atoms with Crippen molar-refractivity contribution in [2.75, 3.05) is 13.1 Å². The summed E-state index contributed by atoms with van der Waals surface area (Å²) in [5.74, 6) is 0.406. The lowest BCUT2D eigenvalue weighted by atomic mass is 9.94. The molecule has 7 heteroatoms. The van der Waals surface area contributed by atoms with Crippen molar-refractivity contribution in [2.24, 2.45) is 5.92 Å². The zero-order valence-electron chi connectivity index (χ0n) is 14.1. The minimum absolute atomic E-state index is 0.0187. The summed E-state index contributed by atoms with van der Waals surface area (Å²) in [7, 11) is 0. The normalized spacial score (nSPS) is 23.0. The van der Waals surface area contributed by atoms with Crippen LogP contribution in [0.1, 0.15) is 34.8 Å². The maximum Gasteiger partial charge on any atom is 0.276 e. The molecular formula is C18H20N4O3. The highest BCUT2D eigenvalue weighted by molar-refractivity contribution is 5.93.